The van der Waals surface area contributed by atoms with Gasteiger partial charge in [-0.1, -0.05) is 41.9 Å². The third-order valence-corrected chi connectivity index (χ3v) is 4.15. The van der Waals surface area contributed by atoms with Crippen LogP contribution in [-0.4, -0.2) is 11.0 Å². The summed E-state index contributed by atoms with van der Waals surface area (Å²) in [6, 6.07) is 13.2. The second-order valence-corrected chi connectivity index (χ2v) is 5.68. The van der Waals surface area contributed by atoms with Crippen LogP contribution in [-0.2, 0) is 17.6 Å². The van der Waals surface area contributed by atoms with Crippen molar-refractivity contribution in [2.24, 2.45) is 0 Å². The molecular formula is C17H16ClNO2. The van der Waals surface area contributed by atoms with Crippen molar-refractivity contribution >= 4 is 23.2 Å². The van der Waals surface area contributed by atoms with Crippen molar-refractivity contribution in [3.8, 4) is 0 Å². The molecule has 0 fully saturated rings. The maximum Gasteiger partial charge on any atom is 0.224 e. The zero-order chi connectivity index (χ0) is 14.8. The number of carbonyl (C=O) groups is 1. The number of hydrogen-bond donors (Lipinski definition) is 2. The maximum absolute atomic E-state index is 11.3. The number of aryl methyl sites for hydroxylation is 1. The molecule has 1 atom stereocenters. The summed E-state index contributed by atoms with van der Waals surface area (Å²) in [6.07, 6.45) is 1.09. The molecule has 0 radical (unpaired) electrons. The number of fused-ring (bicyclic) bond motifs is 1. The molecule has 0 aliphatic carbocycles. The molecule has 0 saturated heterocycles. The molecule has 1 unspecified atom stereocenters. The van der Waals surface area contributed by atoms with Crippen LogP contribution in [0.1, 0.15) is 29.2 Å². The minimum absolute atomic E-state index is 0.0480. The molecule has 2 N–H and O–H groups in total. The van der Waals surface area contributed by atoms with Crippen molar-refractivity contribution in [1.82, 2.24) is 0 Å². The first-order valence-electron chi connectivity index (χ1n) is 6.97. The summed E-state index contributed by atoms with van der Waals surface area (Å²) in [5.41, 5.74) is 3.70. The summed E-state index contributed by atoms with van der Waals surface area (Å²) >= 11 is 6.13. The van der Waals surface area contributed by atoms with Crippen LogP contribution in [0.15, 0.2) is 42.5 Å². The molecular weight excluding hydrogens is 286 g/mol. The van der Waals surface area contributed by atoms with E-state index in [0.29, 0.717) is 24.3 Å². The molecule has 2 aromatic rings. The van der Waals surface area contributed by atoms with E-state index in [1.807, 2.05) is 42.5 Å². The monoisotopic (exact) mass is 301 g/mol. The highest BCUT2D eigenvalue weighted by atomic mass is 35.5. The Kier molecular flexibility index (Phi) is 3.95. The Balaban J connectivity index is 1.81. The lowest BCUT2D eigenvalue weighted by Gasteiger charge is -2.19. The van der Waals surface area contributed by atoms with E-state index >= 15 is 0 Å². The molecule has 1 amide bonds. The standard InChI is InChI=1S/C17H16ClNO2/c18-14-4-2-1-3-11(14)10-16(20)13-5-7-15-12(9-13)6-8-17(21)19-15/h1-5,7,9,16,20H,6,8,10H2,(H,19,21). The highest BCUT2D eigenvalue weighted by Crippen LogP contribution is 2.28. The van der Waals surface area contributed by atoms with E-state index in [1.54, 1.807) is 0 Å². The van der Waals surface area contributed by atoms with Gasteiger partial charge in [-0.15, -0.1) is 0 Å². The fourth-order valence-electron chi connectivity index (χ4n) is 2.60. The molecule has 1 aliphatic rings. The summed E-state index contributed by atoms with van der Waals surface area (Å²) in [5.74, 6) is 0.0480. The van der Waals surface area contributed by atoms with Gasteiger partial charge < -0.3 is 10.4 Å². The predicted molar refractivity (Wildman–Crippen MR) is 83.5 cm³/mol. The van der Waals surface area contributed by atoms with Gasteiger partial charge in [-0.25, -0.2) is 0 Å². The first kappa shape index (κ1) is 14.1. The average Bonchev–Trinajstić information content (AvgIpc) is 2.49. The molecule has 3 rings (SSSR count). The van der Waals surface area contributed by atoms with Crippen LogP contribution < -0.4 is 5.32 Å². The summed E-state index contributed by atoms with van der Waals surface area (Å²) in [5, 5.41) is 13.9. The smallest absolute Gasteiger partial charge is 0.224 e. The lowest BCUT2D eigenvalue weighted by molar-refractivity contribution is -0.116. The molecule has 0 aromatic heterocycles. The number of amides is 1. The Morgan fingerprint density at radius 1 is 1.19 bits per heavy atom. The van der Waals surface area contributed by atoms with Crippen molar-refractivity contribution in [3.05, 3.63) is 64.2 Å². The Morgan fingerprint density at radius 2 is 2.00 bits per heavy atom. The third kappa shape index (κ3) is 3.09. The third-order valence-electron chi connectivity index (χ3n) is 3.78. The van der Waals surface area contributed by atoms with Crippen LogP contribution in [0.3, 0.4) is 0 Å². The normalized spacial score (nSPS) is 15.2. The summed E-state index contributed by atoms with van der Waals surface area (Å²) in [6.45, 7) is 0. The molecule has 1 aliphatic heterocycles. The largest absolute Gasteiger partial charge is 0.388 e. The van der Waals surface area contributed by atoms with E-state index in [1.165, 1.54) is 0 Å². The van der Waals surface area contributed by atoms with Gasteiger partial charge in [-0.3, -0.25) is 4.79 Å². The first-order valence-corrected chi connectivity index (χ1v) is 7.35. The number of nitrogens with one attached hydrogen (secondary N) is 1. The van der Waals surface area contributed by atoms with E-state index in [4.69, 9.17) is 11.6 Å². The van der Waals surface area contributed by atoms with Gasteiger partial charge in [0.05, 0.1) is 6.10 Å². The molecule has 1 heterocycles. The molecule has 4 heteroatoms. The van der Waals surface area contributed by atoms with Crippen LogP contribution in [0.2, 0.25) is 5.02 Å². The topological polar surface area (TPSA) is 49.3 Å². The van der Waals surface area contributed by atoms with Gasteiger partial charge in [0.15, 0.2) is 0 Å². The Labute approximate surface area is 128 Å². The van der Waals surface area contributed by atoms with Gasteiger partial charge >= 0.3 is 0 Å². The number of aliphatic hydroxyl groups excluding tert-OH is 1. The number of benzene rings is 2. The molecule has 0 bridgehead atoms. The number of anilines is 1. The van der Waals surface area contributed by atoms with Crippen LogP contribution in [0.25, 0.3) is 0 Å². The summed E-state index contributed by atoms with van der Waals surface area (Å²) < 4.78 is 0. The predicted octanol–water partition coefficient (Wildman–Crippen LogP) is 3.50. The zero-order valence-electron chi connectivity index (χ0n) is 11.5. The fourth-order valence-corrected chi connectivity index (χ4v) is 2.81. The number of aliphatic hydroxyl groups is 1. The summed E-state index contributed by atoms with van der Waals surface area (Å²) in [7, 11) is 0. The highest BCUT2D eigenvalue weighted by molar-refractivity contribution is 6.31. The first-order chi connectivity index (χ1) is 10.1. The molecule has 3 nitrogen and oxygen atoms in total. The quantitative estimate of drug-likeness (QED) is 0.911. The van der Waals surface area contributed by atoms with Crippen LogP contribution in [0, 0.1) is 0 Å². The Hall–Kier alpha value is -1.84. The molecule has 2 aromatic carbocycles. The Bertz CT molecular complexity index is 684. The zero-order valence-corrected chi connectivity index (χ0v) is 12.2. The highest BCUT2D eigenvalue weighted by Gasteiger charge is 2.17. The molecule has 21 heavy (non-hydrogen) atoms. The number of rotatable bonds is 3. The molecule has 0 spiro atoms. The van der Waals surface area contributed by atoms with Crippen molar-refractivity contribution in [2.75, 3.05) is 5.32 Å². The number of hydrogen-bond acceptors (Lipinski definition) is 2. The molecule has 0 saturated carbocycles. The summed E-state index contributed by atoms with van der Waals surface area (Å²) in [4.78, 5) is 11.3. The minimum Gasteiger partial charge on any atom is -0.388 e. The lowest BCUT2D eigenvalue weighted by atomic mass is 9.95. The maximum atomic E-state index is 11.3. The number of carbonyl (C=O) groups excluding carboxylic acids is 1. The van der Waals surface area contributed by atoms with Crippen molar-refractivity contribution in [3.63, 3.8) is 0 Å². The van der Waals surface area contributed by atoms with Gasteiger partial charge in [0.1, 0.15) is 0 Å². The second kappa shape index (κ2) is 5.88. The van der Waals surface area contributed by atoms with Gasteiger partial charge in [0.2, 0.25) is 5.91 Å². The van der Waals surface area contributed by atoms with Gasteiger partial charge in [0, 0.05) is 23.6 Å². The van der Waals surface area contributed by atoms with E-state index in [9.17, 15) is 9.90 Å². The van der Waals surface area contributed by atoms with Gasteiger partial charge in [0.25, 0.3) is 0 Å². The van der Waals surface area contributed by atoms with E-state index in [2.05, 4.69) is 5.32 Å². The van der Waals surface area contributed by atoms with E-state index < -0.39 is 6.10 Å². The lowest BCUT2D eigenvalue weighted by Crippen LogP contribution is -2.19. The van der Waals surface area contributed by atoms with Crippen LogP contribution in [0.4, 0.5) is 5.69 Å². The Morgan fingerprint density at radius 3 is 2.81 bits per heavy atom. The second-order valence-electron chi connectivity index (χ2n) is 5.28. The van der Waals surface area contributed by atoms with E-state index in [0.717, 1.165) is 22.4 Å². The van der Waals surface area contributed by atoms with Crippen molar-refractivity contribution in [1.29, 1.82) is 0 Å². The van der Waals surface area contributed by atoms with Gasteiger partial charge in [-0.05, 0) is 35.2 Å². The average molecular weight is 302 g/mol. The van der Waals surface area contributed by atoms with Crippen LogP contribution >= 0.6 is 11.6 Å². The SMILES string of the molecule is O=C1CCc2cc(C(O)Cc3ccccc3Cl)ccc2N1. The number of halogens is 1. The van der Waals surface area contributed by atoms with Gasteiger partial charge in [-0.2, -0.15) is 0 Å². The minimum atomic E-state index is -0.604. The fraction of sp³-hybridized carbons (Fsp3) is 0.235. The van der Waals surface area contributed by atoms with E-state index in [-0.39, 0.29) is 5.91 Å². The van der Waals surface area contributed by atoms with Crippen LogP contribution in [0.5, 0.6) is 0 Å². The van der Waals surface area contributed by atoms with Crippen molar-refractivity contribution < 1.29 is 9.90 Å². The van der Waals surface area contributed by atoms with Crippen molar-refractivity contribution in [2.45, 2.75) is 25.4 Å². The molecule has 108 valence electrons.